The van der Waals surface area contributed by atoms with Gasteiger partial charge in [-0.05, 0) is 40.1 Å². The van der Waals surface area contributed by atoms with E-state index >= 15 is 0 Å². The first-order valence-corrected chi connectivity index (χ1v) is 10.7. The third-order valence-corrected chi connectivity index (χ3v) is 9.56. The van der Waals surface area contributed by atoms with Crippen molar-refractivity contribution in [1.82, 2.24) is 0 Å². The highest BCUT2D eigenvalue weighted by atomic mass is 79.9. The molecule has 0 radical (unpaired) electrons. The maximum atomic E-state index is 12.0. The summed E-state index contributed by atoms with van der Waals surface area (Å²) in [6, 6.07) is 7.42. The maximum Gasteiger partial charge on any atom is 0.343 e. The van der Waals surface area contributed by atoms with Crippen LogP contribution in [-0.4, -0.2) is 8.32 Å². The Bertz CT molecular complexity index is 714. The van der Waals surface area contributed by atoms with Gasteiger partial charge in [-0.2, -0.15) is 0 Å². The Labute approximate surface area is 134 Å². The second kappa shape index (κ2) is 5.70. The predicted octanol–water partition coefficient (Wildman–Crippen LogP) is 5.08. The van der Waals surface area contributed by atoms with Crippen molar-refractivity contribution in [3.05, 3.63) is 44.9 Å². The largest absolute Gasteiger partial charge is 0.424 e. The number of halogens is 1. The van der Waals surface area contributed by atoms with Gasteiger partial charge >= 0.3 is 5.63 Å². The summed E-state index contributed by atoms with van der Waals surface area (Å²) in [5.41, 5.74) is -0.317. The van der Waals surface area contributed by atoms with Crippen LogP contribution in [0.4, 0.5) is 0 Å². The summed E-state index contributed by atoms with van der Waals surface area (Å²) in [7, 11) is -1.88. The molecule has 0 aliphatic rings. The molecule has 0 atom stereocenters. The lowest BCUT2D eigenvalue weighted by atomic mass is 10.2. The zero-order valence-corrected chi connectivity index (χ0v) is 15.7. The second-order valence-electron chi connectivity index (χ2n) is 6.72. The molecule has 0 spiro atoms. The molecule has 0 bridgehead atoms. The molecule has 0 aliphatic heterocycles. The van der Waals surface area contributed by atoms with Crippen molar-refractivity contribution in [2.24, 2.45) is 0 Å². The molecule has 0 aliphatic carbocycles. The number of fused-ring (bicyclic) bond motifs is 1. The quantitative estimate of drug-likeness (QED) is 0.709. The molecule has 21 heavy (non-hydrogen) atoms. The molecule has 1 aromatic heterocycles. The minimum atomic E-state index is -1.88. The molecular formula is C16H21BrO3Si. The van der Waals surface area contributed by atoms with Crippen LogP contribution in [0, 0.1) is 0 Å². The van der Waals surface area contributed by atoms with Crippen LogP contribution in [-0.2, 0) is 11.0 Å². The topological polar surface area (TPSA) is 39.4 Å². The third kappa shape index (κ3) is 3.30. The van der Waals surface area contributed by atoms with Crippen molar-refractivity contribution in [3.63, 3.8) is 0 Å². The van der Waals surface area contributed by atoms with Crippen molar-refractivity contribution in [2.75, 3.05) is 0 Å². The zero-order chi connectivity index (χ0) is 15.8. The first-order valence-electron chi connectivity index (χ1n) is 6.98. The highest BCUT2D eigenvalue weighted by Crippen LogP contribution is 2.37. The number of rotatable bonds is 3. The molecule has 1 heterocycles. The zero-order valence-electron chi connectivity index (χ0n) is 13.1. The van der Waals surface area contributed by atoms with Crippen LogP contribution in [0.15, 0.2) is 37.9 Å². The Balaban J connectivity index is 2.36. The van der Waals surface area contributed by atoms with E-state index in [1.54, 1.807) is 6.07 Å². The van der Waals surface area contributed by atoms with Crippen molar-refractivity contribution in [2.45, 2.75) is 45.5 Å². The summed E-state index contributed by atoms with van der Waals surface area (Å²) < 4.78 is 12.4. The van der Waals surface area contributed by atoms with Crippen molar-refractivity contribution in [3.8, 4) is 0 Å². The Kier molecular flexibility index (Phi) is 4.47. The van der Waals surface area contributed by atoms with E-state index in [1.807, 2.05) is 18.2 Å². The molecule has 0 amide bonds. The summed E-state index contributed by atoms with van der Waals surface area (Å²) in [6.07, 6.45) is 0. The summed E-state index contributed by atoms with van der Waals surface area (Å²) >= 11 is 3.54. The van der Waals surface area contributed by atoms with E-state index < -0.39 is 8.32 Å². The molecule has 2 rings (SSSR count). The summed E-state index contributed by atoms with van der Waals surface area (Å²) in [5.74, 6) is 0.559. The van der Waals surface area contributed by atoms with Gasteiger partial charge in [-0.15, -0.1) is 0 Å². The molecule has 0 fully saturated rings. The standard InChI is InChI=1S/C16H21BrO3Si/c1-16(2,3)21(4,5)19-10-13-14(17)11-8-6-7-9-12(11)15(18)20-13/h6-9H,10H2,1-5H3. The fraction of sp³-hybridized carbons (Fsp3) is 0.438. The fourth-order valence-electron chi connectivity index (χ4n) is 1.77. The first kappa shape index (κ1) is 16.5. The van der Waals surface area contributed by atoms with E-state index in [9.17, 15) is 4.79 Å². The van der Waals surface area contributed by atoms with Crippen LogP contribution >= 0.6 is 15.9 Å². The Morgan fingerprint density at radius 2 is 1.76 bits per heavy atom. The van der Waals surface area contributed by atoms with Crippen molar-refractivity contribution in [1.29, 1.82) is 0 Å². The smallest absolute Gasteiger partial charge is 0.343 e. The summed E-state index contributed by atoms with van der Waals surface area (Å²) in [5, 5.41) is 1.57. The first-order chi connectivity index (χ1) is 9.63. The number of benzene rings is 1. The number of hydrogen-bond acceptors (Lipinski definition) is 3. The SMILES string of the molecule is CC(C)(C)[Si](C)(C)OCc1oc(=O)c2ccccc2c1Br. The molecule has 1 aromatic carbocycles. The van der Waals surface area contributed by atoms with E-state index in [1.165, 1.54) is 0 Å². The molecule has 114 valence electrons. The molecule has 0 unspecified atom stereocenters. The van der Waals surface area contributed by atoms with Crippen LogP contribution in [0.2, 0.25) is 18.1 Å². The molecule has 2 aromatic rings. The molecular weight excluding hydrogens is 348 g/mol. The summed E-state index contributed by atoms with van der Waals surface area (Å²) in [6.45, 7) is 11.2. The van der Waals surface area contributed by atoms with Gasteiger partial charge in [0.05, 0.1) is 16.5 Å². The summed E-state index contributed by atoms with van der Waals surface area (Å²) in [4.78, 5) is 12.0. The molecule has 3 nitrogen and oxygen atoms in total. The Morgan fingerprint density at radius 1 is 1.19 bits per heavy atom. The average molecular weight is 369 g/mol. The second-order valence-corrected chi connectivity index (χ2v) is 12.3. The lowest BCUT2D eigenvalue weighted by Crippen LogP contribution is -2.40. The van der Waals surface area contributed by atoms with Crippen molar-refractivity contribution >= 4 is 35.0 Å². The van der Waals surface area contributed by atoms with Crippen molar-refractivity contribution < 1.29 is 8.84 Å². The lowest BCUT2D eigenvalue weighted by Gasteiger charge is -2.36. The minimum Gasteiger partial charge on any atom is -0.424 e. The minimum absolute atomic E-state index is 0.122. The predicted molar refractivity (Wildman–Crippen MR) is 92.2 cm³/mol. The van der Waals surface area contributed by atoms with Gasteiger partial charge in [-0.1, -0.05) is 39.0 Å². The van der Waals surface area contributed by atoms with Gasteiger partial charge in [0.15, 0.2) is 8.32 Å². The van der Waals surface area contributed by atoms with Crippen LogP contribution < -0.4 is 5.63 Å². The Hall–Kier alpha value is -0.913. The maximum absolute atomic E-state index is 12.0. The molecule has 0 N–H and O–H groups in total. The number of hydrogen-bond donors (Lipinski definition) is 0. The third-order valence-electron chi connectivity index (χ3n) is 4.21. The van der Waals surface area contributed by atoms with Gasteiger partial charge < -0.3 is 8.84 Å². The van der Waals surface area contributed by atoms with Gasteiger partial charge in [-0.3, -0.25) is 0 Å². The highest BCUT2D eigenvalue weighted by Gasteiger charge is 2.37. The van der Waals surface area contributed by atoms with Gasteiger partial charge in [-0.25, -0.2) is 4.79 Å². The molecule has 0 saturated carbocycles. The van der Waals surface area contributed by atoms with E-state index in [-0.39, 0.29) is 10.7 Å². The van der Waals surface area contributed by atoms with Crippen LogP contribution in [0.5, 0.6) is 0 Å². The Morgan fingerprint density at radius 3 is 2.33 bits per heavy atom. The van der Waals surface area contributed by atoms with Gasteiger partial charge in [0.1, 0.15) is 5.76 Å². The average Bonchev–Trinajstić information content (AvgIpc) is 2.40. The monoisotopic (exact) mass is 368 g/mol. The van der Waals surface area contributed by atoms with E-state index in [2.05, 4.69) is 49.8 Å². The highest BCUT2D eigenvalue weighted by molar-refractivity contribution is 9.10. The van der Waals surface area contributed by atoms with Gasteiger partial charge in [0.25, 0.3) is 0 Å². The van der Waals surface area contributed by atoms with E-state index in [0.717, 1.165) is 9.86 Å². The van der Waals surface area contributed by atoms with E-state index in [0.29, 0.717) is 17.8 Å². The fourth-order valence-corrected chi connectivity index (χ4v) is 3.24. The molecule has 5 heteroatoms. The normalized spacial score (nSPS) is 12.9. The molecule has 0 saturated heterocycles. The van der Waals surface area contributed by atoms with E-state index in [4.69, 9.17) is 8.84 Å². The lowest BCUT2D eigenvalue weighted by molar-refractivity contribution is 0.239. The van der Waals surface area contributed by atoms with Gasteiger partial charge in [0.2, 0.25) is 0 Å². The van der Waals surface area contributed by atoms with Gasteiger partial charge in [0, 0.05) is 5.39 Å². The van der Waals surface area contributed by atoms with Crippen LogP contribution in [0.3, 0.4) is 0 Å². The van der Waals surface area contributed by atoms with Crippen LogP contribution in [0.25, 0.3) is 10.8 Å². The van der Waals surface area contributed by atoms with Crippen LogP contribution in [0.1, 0.15) is 26.5 Å².